The van der Waals surface area contributed by atoms with E-state index in [0.29, 0.717) is 18.0 Å². The topological polar surface area (TPSA) is 50.8 Å². The molecule has 0 fully saturated rings. The third-order valence-corrected chi connectivity index (χ3v) is 4.18. The van der Waals surface area contributed by atoms with Crippen LogP contribution in [0, 0.1) is 0 Å². The third kappa shape index (κ3) is 2.80. The summed E-state index contributed by atoms with van der Waals surface area (Å²) in [6, 6.07) is 11.9. The van der Waals surface area contributed by atoms with Gasteiger partial charge in [-0.05, 0) is 35.4 Å². The fourth-order valence-electron chi connectivity index (χ4n) is 2.88. The van der Waals surface area contributed by atoms with E-state index >= 15 is 0 Å². The summed E-state index contributed by atoms with van der Waals surface area (Å²) in [7, 11) is 2.07. The second-order valence-electron chi connectivity index (χ2n) is 5.92. The van der Waals surface area contributed by atoms with Gasteiger partial charge < -0.3 is 19.7 Å². The van der Waals surface area contributed by atoms with Crippen molar-refractivity contribution in [1.82, 2.24) is 0 Å². The monoisotopic (exact) mass is 322 g/mol. The Hall–Kier alpha value is -2.95. The summed E-state index contributed by atoms with van der Waals surface area (Å²) in [6.45, 7) is 1.69. The fourth-order valence-corrected chi connectivity index (χ4v) is 2.88. The van der Waals surface area contributed by atoms with Gasteiger partial charge in [0.1, 0.15) is 18.1 Å². The zero-order valence-electron chi connectivity index (χ0n) is 13.4. The summed E-state index contributed by atoms with van der Waals surface area (Å²) in [5, 5.41) is 2.82. The molecule has 0 saturated heterocycles. The van der Waals surface area contributed by atoms with Crippen LogP contribution in [0.1, 0.15) is 11.1 Å². The SMILES string of the molecule is CN1CCOc2cc(/C=C/c3ccc4c(c3)NC(=O)CO4)ccc21. The Balaban J connectivity index is 1.57. The molecule has 5 nitrogen and oxygen atoms in total. The molecule has 122 valence electrons. The van der Waals surface area contributed by atoms with Gasteiger partial charge in [-0.1, -0.05) is 24.3 Å². The number of nitrogens with one attached hydrogen (secondary N) is 1. The molecule has 1 N–H and O–H groups in total. The van der Waals surface area contributed by atoms with Crippen LogP contribution in [0.4, 0.5) is 11.4 Å². The lowest BCUT2D eigenvalue weighted by molar-refractivity contribution is -0.118. The van der Waals surface area contributed by atoms with Crippen molar-refractivity contribution in [3.63, 3.8) is 0 Å². The van der Waals surface area contributed by atoms with E-state index in [2.05, 4.69) is 29.4 Å². The normalized spacial score (nSPS) is 16.0. The smallest absolute Gasteiger partial charge is 0.262 e. The van der Waals surface area contributed by atoms with Gasteiger partial charge in [0.15, 0.2) is 6.61 Å². The number of benzene rings is 2. The lowest BCUT2D eigenvalue weighted by Crippen LogP contribution is -2.28. The molecule has 0 bridgehead atoms. The molecule has 0 aliphatic carbocycles. The van der Waals surface area contributed by atoms with E-state index in [1.807, 2.05) is 36.4 Å². The number of carbonyl (C=O) groups excluding carboxylic acids is 1. The molecule has 4 rings (SSSR count). The predicted octanol–water partition coefficient (Wildman–Crippen LogP) is 3.02. The Kier molecular flexibility index (Phi) is 3.61. The number of amides is 1. The highest BCUT2D eigenvalue weighted by Gasteiger charge is 2.16. The Morgan fingerprint density at radius 1 is 1.04 bits per heavy atom. The minimum absolute atomic E-state index is 0.0752. The molecule has 1 amide bonds. The van der Waals surface area contributed by atoms with E-state index in [1.165, 1.54) is 0 Å². The molecular weight excluding hydrogens is 304 g/mol. The number of carbonyl (C=O) groups is 1. The summed E-state index contributed by atoms with van der Waals surface area (Å²) in [4.78, 5) is 13.6. The van der Waals surface area contributed by atoms with Crippen LogP contribution in [0.3, 0.4) is 0 Å². The highest BCUT2D eigenvalue weighted by atomic mass is 16.5. The molecule has 2 aromatic carbocycles. The van der Waals surface area contributed by atoms with E-state index in [1.54, 1.807) is 0 Å². The van der Waals surface area contributed by atoms with Crippen molar-refractivity contribution in [1.29, 1.82) is 0 Å². The average molecular weight is 322 g/mol. The number of hydrogen-bond donors (Lipinski definition) is 1. The molecule has 5 heteroatoms. The third-order valence-electron chi connectivity index (χ3n) is 4.18. The number of ether oxygens (including phenoxy) is 2. The minimum atomic E-state index is -0.125. The van der Waals surface area contributed by atoms with Crippen molar-refractivity contribution in [2.24, 2.45) is 0 Å². The number of rotatable bonds is 2. The van der Waals surface area contributed by atoms with Crippen LogP contribution in [0.25, 0.3) is 12.2 Å². The zero-order chi connectivity index (χ0) is 16.5. The maximum atomic E-state index is 11.4. The lowest BCUT2D eigenvalue weighted by Gasteiger charge is -2.27. The Morgan fingerprint density at radius 3 is 2.71 bits per heavy atom. The Morgan fingerprint density at radius 2 is 1.83 bits per heavy atom. The molecule has 0 radical (unpaired) electrons. The number of hydrogen-bond acceptors (Lipinski definition) is 4. The summed E-state index contributed by atoms with van der Waals surface area (Å²) in [5.41, 5.74) is 3.90. The van der Waals surface area contributed by atoms with Crippen molar-refractivity contribution in [2.75, 3.05) is 37.0 Å². The van der Waals surface area contributed by atoms with Crippen LogP contribution in [-0.2, 0) is 4.79 Å². The molecule has 24 heavy (non-hydrogen) atoms. The van der Waals surface area contributed by atoms with E-state index in [9.17, 15) is 4.79 Å². The highest BCUT2D eigenvalue weighted by molar-refractivity contribution is 5.95. The van der Waals surface area contributed by atoms with Gasteiger partial charge in [0, 0.05) is 7.05 Å². The van der Waals surface area contributed by atoms with E-state index in [-0.39, 0.29) is 12.5 Å². The van der Waals surface area contributed by atoms with Gasteiger partial charge in [0.05, 0.1) is 17.9 Å². The van der Waals surface area contributed by atoms with Crippen LogP contribution in [0.5, 0.6) is 11.5 Å². The largest absolute Gasteiger partial charge is 0.490 e. The summed E-state index contributed by atoms with van der Waals surface area (Å²) < 4.78 is 11.1. The van der Waals surface area contributed by atoms with Gasteiger partial charge in [-0.3, -0.25) is 4.79 Å². The molecular formula is C19H18N2O3. The first kappa shape index (κ1) is 14.6. The first-order valence-corrected chi connectivity index (χ1v) is 7.92. The molecule has 2 aliphatic rings. The average Bonchev–Trinajstić information content (AvgIpc) is 2.59. The summed E-state index contributed by atoms with van der Waals surface area (Å²) in [5.74, 6) is 1.49. The van der Waals surface area contributed by atoms with Crippen LogP contribution < -0.4 is 19.7 Å². The van der Waals surface area contributed by atoms with Crippen molar-refractivity contribution in [3.05, 3.63) is 47.5 Å². The van der Waals surface area contributed by atoms with Gasteiger partial charge in [0.25, 0.3) is 5.91 Å². The van der Waals surface area contributed by atoms with Crippen LogP contribution >= 0.6 is 0 Å². The van der Waals surface area contributed by atoms with Gasteiger partial charge in [-0.15, -0.1) is 0 Å². The van der Waals surface area contributed by atoms with Crippen LogP contribution in [0.15, 0.2) is 36.4 Å². The number of likely N-dealkylation sites (N-methyl/N-ethyl adjacent to an activating group) is 1. The van der Waals surface area contributed by atoms with Crippen LogP contribution in [-0.4, -0.2) is 32.7 Å². The molecule has 0 aromatic heterocycles. The lowest BCUT2D eigenvalue weighted by atomic mass is 10.1. The van der Waals surface area contributed by atoms with Gasteiger partial charge in [-0.25, -0.2) is 0 Å². The summed E-state index contributed by atoms with van der Waals surface area (Å²) in [6.07, 6.45) is 4.04. The van der Waals surface area contributed by atoms with E-state index < -0.39 is 0 Å². The number of anilines is 2. The maximum absolute atomic E-state index is 11.4. The Bertz CT molecular complexity index is 829. The molecule has 0 saturated carbocycles. The first-order chi connectivity index (χ1) is 11.7. The quantitative estimate of drug-likeness (QED) is 0.864. The van der Waals surface area contributed by atoms with Gasteiger partial charge in [-0.2, -0.15) is 0 Å². The minimum Gasteiger partial charge on any atom is -0.490 e. The van der Waals surface area contributed by atoms with Crippen molar-refractivity contribution >= 4 is 29.4 Å². The van der Waals surface area contributed by atoms with Crippen LogP contribution in [0.2, 0.25) is 0 Å². The molecule has 2 heterocycles. The second kappa shape index (κ2) is 5.92. The molecule has 0 atom stereocenters. The van der Waals surface area contributed by atoms with Crippen molar-refractivity contribution < 1.29 is 14.3 Å². The Labute approximate surface area is 140 Å². The van der Waals surface area contributed by atoms with E-state index in [0.717, 1.165) is 29.1 Å². The first-order valence-electron chi connectivity index (χ1n) is 7.92. The standard InChI is InChI=1S/C19H18N2O3/c1-21-8-9-23-18-11-14(4-6-16(18)21)3-2-13-5-7-17-15(10-13)20-19(22)12-24-17/h2-7,10-11H,8-9,12H2,1H3,(H,20,22)/b3-2+. The number of nitrogens with zero attached hydrogens (tertiary/aromatic N) is 1. The molecule has 2 aliphatic heterocycles. The van der Waals surface area contributed by atoms with Gasteiger partial charge >= 0.3 is 0 Å². The van der Waals surface area contributed by atoms with E-state index in [4.69, 9.17) is 9.47 Å². The number of fused-ring (bicyclic) bond motifs is 2. The molecule has 2 aromatic rings. The highest BCUT2D eigenvalue weighted by Crippen LogP contribution is 2.32. The zero-order valence-corrected chi connectivity index (χ0v) is 13.4. The maximum Gasteiger partial charge on any atom is 0.262 e. The summed E-state index contributed by atoms with van der Waals surface area (Å²) >= 11 is 0. The molecule has 0 spiro atoms. The van der Waals surface area contributed by atoms with Crippen molar-refractivity contribution in [2.45, 2.75) is 0 Å². The van der Waals surface area contributed by atoms with Gasteiger partial charge in [0.2, 0.25) is 0 Å². The fraction of sp³-hybridized carbons (Fsp3) is 0.211. The van der Waals surface area contributed by atoms with Crippen molar-refractivity contribution in [3.8, 4) is 11.5 Å². The second-order valence-corrected chi connectivity index (χ2v) is 5.92. The predicted molar refractivity (Wildman–Crippen MR) is 94.7 cm³/mol. The molecule has 0 unspecified atom stereocenters.